The van der Waals surface area contributed by atoms with Crippen LogP contribution in [0.5, 0.6) is 0 Å². The number of aromatic nitrogens is 3. The molecule has 0 spiro atoms. The number of hydrogen-bond donors (Lipinski definition) is 1. The number of carbonyl (C=O) groups excluding carboxylic acids is 1. The molecule has 2 aromatic heterocycles. The Hall–Kier alpha value is -2.51. The molecule has 0 atom stereocenters. The van der Waals surface area contributed by atoms with Crippen molar-refractivity contribution in [3.05, 3.63) is 41.6 Å². The van der Waals surface area contributed by atoms with E-state index in [4.69, 9.17) is 5.73 Å². The maximum absolute atomic E-state index is 12.7. The monoisotopic (exact) mass is 282 g/mol. The molecule has 0 unspecified atom stereocenters. The minimum Gasteiger partial charge on any atom is -0.366 e. The van der Waals surface area contributed by atoms with Crippen LogP contribution in [-0.4, -0.2) is 20.9 Å². The SMILES string of the molecule is Cc1ncc(-c2nc(C(F)(F)F)ccc2C(N)=O)cn1. The Morgan fingerprint density at radius 3 is 2.30 bits per heavy atom. The number of halogens is 3. The zero-order valence-corrected chi connectivity index (χ0v) is 10.3. The van der Waals surface area contributed by atoms with E-state index in [1.807, 2.05) is 0 Å². The van der Waals surface area contributed by atoms with Gasteiger partial charge in [0, 0.05) is 18.0 Å². The van der Waals surface area contributed by atoms with Crippen molar-refractivity contribution in [1.82, 2.24) is 15.0 Å². The van der Waals surface area contributed by atoms with Crippen LogP contribution in [0.4, 0.5) is 13.2 Å². The molecule has 8 heteroatoms. The first-order chi connectivity index (χ1) is 9.29. The summed E-state index contributed by atoms with van der Waals surface area (Å²) in [5.41, 5.74) is 3.91. The minimum atomic E-state index is -4.61. The Bertz CT molecular complexity index is 653. The summed E-state index contributed by atoms with van der Waals surface area (Å²) in [7, 11) is 0. The molecule has 104 valence electrons. The first-order valence-electron chi connectivity index (χ1n) is 5.46. The predicted molar refractivity (Wildman–Crippen MR) is 63.5 cm³/mol. The lowest BCUT2D eigenvalue weighted by atomic mass is 10.1. The summed E-state index contributed by atoms with van der Waals surface area (Å²) in [5.74, 6) is -0.428. The number of hydrogen-bond acceptors (Lipinski definition) is 4. The summed E-state index contributed by atoms with van der Waals surface area (Å²) in [6, 6.07) is 1.70. The van der Waals surface area contributed by atoms with Crippen molar-refractivity contribution in [2.75, 3.05) is 0 Å². The van der Waals surface area contributed by atoms with E-state index < -0.39 is 17.8 Å². The van der Waals surface area contributed by atoms with Crippen LogP contribution in [0.15, 0.2) is 24.5 Å². The molecule has 0 saturated carbocycles. The maximum atomic E-state index is 12.7. The van der Waals surface area contributed by atoms with Crippen molar-refractivity contribution in [3.63, 3.8) is 0 Å². The number of nitrogens with two attached hydrogens (primary N) is 1. The van der Waals surface area contributed by atoms with Gasteiger partial charge in [0.1, 0.15) is 11.5 Å². The topological polar surface area (TPSA) is 81.8 Å². The molecule has 5 nitrogen and oxygen atoms in total. The van der Waals surface area contributed by atoms with E-state index in [9.17, 15) is 18.0 Å². The van der Waals surface area contributed by atoms with Gasteiger partial charge in [0.25, 0.3) is 5.91 Å². The molecule has 2 aromatic rings. The van der Waals surface area contributed by atoms with Crippen molar-refractivity contribution >= 4 is 5.91 Å². The van der Waals surface area contributed by atoms with E-state index in [1.54, 1.807) is 6.92 Å². The number of aryl methyl sites for hydroxylation is 1. The van der Waals surface area contributed by atoms with Gasteiger partial charge in [0.15, 0.2) is 0 Å². The maximum Gasteiger partial charge on any atom is 0.433 e. The molecule has 0 aromatic carbocycles. The van der Waals surface area contributed by atoms with Gasteiger partial charge in [-0.3, -0.25) is 4.79 Å². The van der Waals surface area contributed by atoms with Gasteiger partial charge in [-0.05, 0) is 19.1 Å². The smallest absolute Gasteiger partial charge is 0.366 e. The second-order valence-corrected chi connectivity index (χ2v) is 3.97. The molecule has 0 saturated heterocycles. The van der Waals surface area contributed by atoms with Crippen LogP contribution in [0, 0.1) is 6.92 Å². The van der Waals surface area contributed by atoms with Crippen LogP contribution in [0.3, 0.4) is 0 Å². The highest BCUT2D eigenvalue weighted by Crippen LogP contribution is 2.30. The molecular formula is C12H9F3N4O. The van der Waals surface area contributed by atoms with Crippen molar-refractivity contribution in [1.29, 1.82) is 0 Å². The van der Waals surface area contributed by atoms with E-state index in [0.717, 1.165) is 6.07 Å². The van der Waals surface area contributed by atoms with Crippen LogP contribution in [-0.2, 0) is 6.18 Å². The van der Waals surface area contributed by atoms with Gasteiger partial charge in [-0.25, -0.2) is 15.0 Å². The summed E-state index contributed by atoms with van der Waals surface area (Å²) < 4.78 is 38.0. The highest BCUT2D eigenvalue weighted by molar-refractivity contribution is 5.98. The van der Waals surface area contributed by atoms with Crippen molar-refractivity contribution in [2.24, 2.45) is 5.73 Å². The number of carbonyl (C=O) groups is 1. The second-order valence-electron chi connectivity index (χ2n) is 3.97. The Labute approximate surface area is 111 Å². The van der Waals surface area contributed by atoms with Gasteiger partial charge in [-0.1, -0.05) is 0 Å². The summed E-state index contributed by atoms with van der Waals surface area (Å²) in [6.45, 7) is 1.62. The first-order valence-corrected chi connectivity index (χ1v) is 5.46. The third-order valence-electron chi connectivity index (χ3n) is 2.51. The summed E-state index contributed by atoms with van der Waals surface area (Å²) in [4.78, 5) is 22.5. The largest absolute Gasteiger partial charge is 0.433 e. The average molecular weight is 282 g/mol. The molecule has 0 aliphatic heterocycles. The minimum absolute atomic E-state index is 0.120. The van der Waals surface area contributed by atoms with Crippen molar-refractivity contribution in [3.8, 4) is 11.3 Å². The van der Waals surface area contributed by atoms with E-state index in [1.165, 1.54) is 12.4 Å². The van der Waals surface area contributed by atoms with Crippen molar-refractivity contribution in [2.45, 2.75) is 13.1 Å². The summed E-state index contributed by atoms with van der Waals surface area (Å²) in [6.07, 6.45) is -2.04. The number of primary amides is 1. The molecule has 0 aliphatic carbocycles. The van der Waals surface area contributed by atoms with E-state index >= 15 is 0 Å². The molecule has 2 N–H and O–H groups in total. The number of pyridine rings is 1. The van der Waals surface area contributed by atoms with Crippen LogP contribution >= 0.6 is 0 Å². The molecule has 2 heterocycles. The number of alkyl halides is 3. The van der Waals surface area contributed by atoms with Crippen molar-refractivity contribution < 1.29 is 18.0 Å². The zero-order valence-electron chi connectivity index (χ0n) is 10.3. The lowest BCUT2D eigenvalue weighted by Crippen LogP contribution is -2.16. The Balaban J connectivity index is 2.64. The van der Waals surface area contributed by atoms with Crippen LogP contribution in [0.25, 0.3) is 11.3 Å². The summed E-state index contributed by atoms with van der Waals surface area (Å²) >= 11 is 0. The Morgan fingerprint density at radius 2 is 1.80 bits per heavy atom. The van der Waals surface area contributed by atoms with Gasteiger partial charge in [0.05, 0.1) is 11.3 Å². The fourth-order valence-electron chi connectivity index (χ4n) is 1.55. The van der Waals surface area contributed by atoms with E-state index in [0.29, 0.717) is 11.9 Å². The Kier molecular flexibility index (Phi) is 3.39. The van der Waals surface area contributed by atoms with Gasteiger partial charge in [0.2, 0.25) is 0 Å². The number of amides is 1. The normalized spacial score (nSPS) is 11.4. The Morgan fingerprint density at radius 1 is 1.20 bits per heavy atom. The van der Waals surface area contributed by atoms with Crippen LogP contribution < -0.4 is 5.73 Å². The van der Waals surface area contributed by atoms with E-state index in [2.05, 4.69) is 15.0 Å². The van der Waals surface area contributed by atoms with Crippen LogP contribution in [0.2, 0.25) is 0 Å². The van der Waals surface area contributed by atoms with Gasteiger partial charge >= 0.3 is 6.18 Å². The third kappa shape index (κ3) is 2.73. The number of nitrogens with zero attached hydrogens (tertiary/aromatic N) is 3. The molecule has 0 bridgehead atoms. The predicted octanol–water partition coefficient (Wildman–Crippen LogP) is 1.96. The lowest BCUT2D eigenvalue weighted by molar-refractivity contribution is -0.141. The molecule has 0 fully saturated rings. The molecular weight excluding hydrogens is 273 g/mol. The van der Waals surface area contributed by atoms with Gasteiger partial charge in [-0.2, -0.15) is 13.2 Å². The van der Waals surface area contributed by atoms with Gasteiger partial charge < -0.3 is 5.73 Å². The highest BCUT2D eigenvalue weighted by atomic mass is 19.4. The van der Waals surface area contributed by atoms with Gasteiger partial charge in [-0.15, -0.1) is 0 Å². The molecule has 20 heavy (non-hydrogen) atoms. The highest BCUT2D eigenvalue weighted by Gasteiger charge is 2.33. The van der Waals surface area contributed by atoms with Crippen LogP contribution in [0.1, 0.15) is 21.9 Å². The zero-order chi connectivity index (χ0) is 14.9. The fraction of sp³-hybridized carbons (Fsp3) is 0.167. The quantitative estimate of drug-likeness (QED) is 0.912. The fourth-order valence-corrected chi connectivity index (χ4v) is 1.55. The standard InChI is InChI=1S/C12H9F3N4O/c1-6-17-4-7(5-18-6)10-8(11(16)20)2-3-9(19-10)12(13,14)15/h2-5H,1H3,(H2,16,20). The second kappa shape index (κ2) is 4.87. The number of rotatable bonds is 2. The first kappa shape index (κ1) is 13.9. The molecule has 0 aliphatic rings. The summed E-state index contributed by atoms with van der Waals surface area (Å²) in [5, 5.41) is 0. The lowest BCUT2D eigenvalue weighted by Gasteiger charge is -2.10. The molecule has 2 rings (SSSR count). The van der Waals surface area contributed by atoms with E-state index in [-0.39, 0.29) is 16.8 Å². The molecule has 0 radical (unpaired) electrons. The average Bonchev–Trinajstić information content (AvgIpc) is 2.37. The third-order valence-corrected chi connectivity index (χ3v) is 2.51. The molecule has 1 amide bonds.